The fraction of sp³-hybridized carbons (Fsp3) is 0.250. The lowest BCUT2D eigenvalue weighted by Gasteiger charge is -2.10. The van der Waals surface area contributed by atoms with Crippen molar-refractivity contribution in [2.45, 2.75) is 32.7 Å². The van der Waals surface area contributed by atoms with Crippen LogP contribution in [0.1, 0.15) is 51.9 Å². The second-order valence-electron chi connectivity index (χ2n) is 6.23. The fourth-order valence-electron chi connectivity index (χ4n) is 2.94. The average molecular weight is 352 g/mol. The van der Waals surface area contributed by atoms with Crippen LogP contribution < -0.4 is 0 Å². The molecule has 0 saturated carbocycles. The quantitative estimate of drug-likeness (QED) is 0.674. The molecule has 0 fully saturated rings. The van der Waals surface area contributed by atoms with Crippen molar-refractivity contribution in [1.29, 1.82) is 0 Å². The van der Waals surface area contributed by atoms with Crippen molar-refractivity contribution in [3.63, 3.8) is 0 Å². The Morgan fingerprint density at radius 3 is 2.27 bits per heavy atom. The normalized spacial score (nSPS) is 11.0. The molecule has 3 aromatic rings. The zero-order valence-corrected chi connectivity index (χ0v) is 14.5. The van der Waals surface area contributed by atoms with Crippen LogP contribution >= 0.6 is 0 Å². The number of aromatic nitrogens is 2. The highest BCUT2D eigenvalue weighted by molar-refractivity contribution is 5.92. The second-order valence-corrected chi connectivity index (χ2v) is 6.23. The number of carboxylic acids is 2. The first-order valence-corrected chi connectivity index (χ1v) is 8.54. The van der Waals surface area contributed by atoms with Crippen LogP contribution in [-0.4, -0.2) is 31.7 Å². The lowest BCUT2D eigenvalue weighted by Crippen LogP contribution is -2.06. The fourth-order valence-corrected chi connectivity index (χ4v) is 2.94. The number of imidazole rings is 1. The molecule has 0 aliphatic rings. The van der Waals surface area contributed by atoms with Gasteiger partial charge in [0.2, 0.25) is 0 Å². The number of unbranched alkanes of at least 4 members (excludes halogenated alkanes) is 1. The van der Waals surface area contributed by atoms with Gasteiger partial charge >= 0.3 is 11.9 Å². The molecular formula is C20H20N2O4. The lowest BCUT2D eigenvalue weighted by molar-refractivity contribution is 0.0686. The van der Waals surface area contributed by atoms with Gasteiger partial charge in [-0.2, -0.15) is 0 Å². The molecule has 2 N–H and O–H groups in total. The third-order valence-corrected chi connectivity index (χ3v) is 4.37. The smallest absolute Gasteiger partial charge is 0.335 e. The maximum absolute atomic E-state index is 11.3. The predicted molar refractivity (Wildman–Crippen MR) is 97.8 cm³/mol. The first-order chi connectivity index (χ1) is 12.5. The number of aryl methyl sites for hydroxylation is 1. The Labute approximate surface area is 150 Å². The summed E-state index contributed by atoms with van der Waals surface area (Å²) in [7, 11) is 0. The van der Waals surface area contributed by atoms with Crippen molar-refractivity contribution in [3.05, 3.63) is 65.0 Å². The summed E-state index contributed by atoms with van der Waals surface area (Å²) in [5, 5.41) is 18.3. The number of benzene rings is 2. The number of fused-ring (bicyclic) bond motifs is 1. The summed E-state index contributed by atoms with van der Waals surface area (Å²) in [6.07, 6.45) is 2.84. The summed E-state index contributed by atoms with van der Waals surface area (Å²) < 4.78 is 2.02. The molecule has 0 spiro atoms. The van der Waals surface area contributed by atoms with E-state index in [2.05, 4.69) is 11.9 Å². The van der Waals surface area contributed by atoms with E-state index in [-0.39, 0.29) is 11.1 Å². The SMILES string of the molecule is CCCCc1nc2ccc(C(=O)O)cc2n1Cc1ccc(C(=O)O)cc1. The largest absolute Gasteiger partial charge is 0.478 e. The number of hydrogen-bond donors (Lipinski definition) is 2. The molecule has 0 atom stereocenters. The Morgan fingerprint density at radius 2 is 1.65 bits per heavy atom. The molecule has 2 aromatic carbocycles. The van der Waals surface area contributed by atoms with E-state index in [0.29, 0.717) is 6.54 Å². The Hall–Kier alpha value is -3.15. The van der Waals surface area contributed by atoms with Crippen LogP contribution in [0.4, 0.5) is 0 Å². The van der Waals surface area contributed by atoms with Gasteiger partial charge < -0.3 is 14.8 Å². The van der Waals surface area contributed by atoms with Gasteiger partial charge in [-0.3, -0.25) is 0 Å². The highest BCUT2D eigenvalue weighted by atomic mass is 16.4. The minimum absolute atomic E-state index is 0.224. The second kappa shape index (κ2) is 7.39. The molecule has 0 amide bonds. The van der Waals surface area contributed by atoms with Gasteiger partial charge in [-0.15, -0.1) is 0 Å². The van der Waals surface area contributed by atoms with E-state index < -0.39 is 11.9 Å². The highest BCUT2D eigenvalue weighted by Gasteiger charge is 2.14. The number of aromatic carboxylic acids is 2. The van der Waals surface area contributed by atoms with Crippen LogP contribution in [0.25, 0.3) is 11.0 Å². The molecule has 0 unspecified atom stereocenters. The van der Waals surface area contributed by atoms with Crippen LogP contribution in [-0.2, 0) is 13.0 Å². The van der Waals surface area contributed by atoms with Crippen LogP contribution in [0.3, 0.4) is 0 Å². The molecule has 0 radical (unpaired) electrons. The topological polar surface area (TPSA) is 92.4 Å². The van der Waals surface area contributed by atoms with E-state index in [4.69, 9.17) is 5.11 Å². The molecule has 1 aromatic heterocycles. The molecule has 6 heteroatoms. The molecule has 3 rings (SSSR count). The molecule has 0 saturated heterocycles. The summed E-state index contributed by atoms with van der Waals surface area (Å²) in [5.74, 6) is -1.02. The van der Waals surface area contributed by atoms with E-state index >= 15 is 0 Å². The lowest BCUT2D eigenvalue weighted by atomic mass is 10.1. The van der Waals surface area contributed by atoms with Gasteiger partial charge in [0, 0.05) is 13.0 Å². The van der Waals surface area contributed by atoms with E-state index in [9.17, 15) is 14.7 Å². The monoisotopic (exact) mass is 352 g/mol. The zero-order chi connectivity index (χ0) is 18.7. The van der Waals surface area contributed by atoms with Crippen molar-refractivity contribution in [2.75, 3.05) is 0 Å². The number of carboxylic acid groups (broad SMARTS) is 2. The summed E-state index contributed by atoms with van der Waals surface area (Å²) in [6.45, 7) is 2.62. The van der Waals surface area contributed by atoms with Gasteiger partial charge in [0.25, 0.3) is 0 Å². The van der Waals surface area contributed by atoms with Gasteiger partial charge in [0.05, 0.1) is 22.2 Å². The summed E-state index contributed by atoms with van der Waals surface area (Å²) in [4.78, 5) is 27.0. The van der Waals surface area contributed by atoms with Gasteiger partial charge in [0.15, 0.2) is 0 Å². The molecule has 6 nitrogen and oxygen atoms in total. The summed E-state index contributed by atoms with van der Waals surface area (Å²) in [6, 6.07) is 11.6. The zero-order valence-electron chi connectivity index (χ0n) is 14.5. The molecular weight excluding hydrogens is 332 g/mol. The Kier molecular flexibility index (Phi) is 5.02. The van der Waals surface area contributed by atoms with Crippen molar-refractivity contribution < 1.29 is 19.8 Å². The standard InChI is InChI=1S/C20H20N2O4/c1-2-3-4-18-21-16-10-9-15(20(25)26)11-17(16)22(18)12-13-5-7-14(8-6-13)19(23)24/h5-11H,2-4,12H2,1H3,(H,23,24)(H,25,26). The van der Waals surface area contributed by atoms with E-state index in [1.807, 2.05) is 4.57 Å². The number of carbonyl (C=O) groups is 2. The maximum Gasteiger partial charge on any atom is 0.335 e. The third kappa shape index (κ3) is 3.59. The van der Waals surface area contributed by atoms with Crippen molar-refractivity contribution >= 4 is 23.0 Å². The van der Waals surface area contributed by atoms with Crippen LogP contribution in [0.5, 0.6) is 0 Å². The minimum Gasteiger partial charge on any atom is -0.478 e. The highest BCUT2D eigenvalue weighted by Crippen LogP contribution is 2.21. The third-order valence-electron chi connectivity index (χ3n) is 4.37. The summed E-state index contributed by atoms with van der Waals surface area (Å²) >= 11 is 0. The van der Waals surface area contributed by atoms with Crippen molar-refractivity contribution in [1.82, 2.24) is 9.55 Å². The predicted octanol–water partition coefficient (Wildman–Crippen LogP) is 3.82. The Bertz CT molecular complexity index is 958. The van der Waals surface area contributed by atoms with Crippen molar-refractivity contribution in [2.24, 2.45) is 0 Å². The van der Waals surface area contributed by atoms with Crippen LogP contribution in [0.15, 0.2) is 42.5 Å². The molecule has 0 aliphatic heterocycles. The van der Waals surface area contributed by atoms with Crippen molar-refractivity contribution in [3.8, 4) is 0 Å². The van der Waals surface area contributed by atoms with Gasteiger partial charge in [-0.05, 0) is 42.3 Å². The van der Waals surface area contributed by atoms with Gasteiger partial charge in [0.1, 0.15) is 5.82 Å². The van der Waals surface area contributed by atoms with E-state index in [0.717, 1.165) is 41.7 Å². The van der Waals surface area contributed by atoms with Crippen LogP contribution in [0.2, 0.25) is 0 Å². The molecule has 1 heterocycles. The van der Waals surface area contributed by atoms with E-state index in [1.165, 1.54) is 0 Å². The van der Waals surface area contributed by atoms with E-state index in [1.54, 1.807) is 42.5 Å². The molecule has 0 bridgehead atoms. The summed E-state index contributed by atoms with van der Waals surface area (Å²) in [5.41, 5.74) is 2.94. The maximum atomic E-state index is 11.3. The average Bonchev–Trinajstić information content (AvgIpc) is 2.97. The van der Waals surface area contributed by atoms with Gasteiger partial charge in [-0.25, -0.2) is 14.6 Å². The minimum atomic E-state index is -0.972. The van der Waals surface area contributed by atoms with Crippen LogP contribution in [0, 0.1) is 0 Å². The number of rotatable bonds is 7. The number of nitrogens with zero attached hydrogens (tertiary/aromatic N) is 2. The molecule has 0 aliphatic carbocycles. The Morgan fingerprint density at radius 1 is 1.00 bits per heavy atom. The Balaban J connectivity index is 2.03. The molecule has 26 heavy (non-hydrogen) atoms. The first kappa shape index (κ1) is 17.7. The van der Waals surface area contributed by atoms with Gasteiger partial charge in [-0.1, -0.05) is 25.5 Å². The first-order valence-electron chi connectivity index (χ1n) is 8.54. The molecule has 134 valence electrons. The number of hydrogen-bond acceptors (Lipinski definition) is 3.